The SMILES string of the molecule is N#CC1=C(C#N)c2ccccc2C(C#N)S1. The Balaban J connectivity index is 2.73. The fourth-order valence-electron chi connectivity index (χ4n) is 1.61. The summed E-state index contributed by atoms with van der Waals surface area (Å²) in [5.74, 6) is 0. The molecule has 74 valence electrons. The van der Waals surface area contributed by atoms with Crippen molar-refractivity contribution in [2.75, 3.05) is 0 Å². The van der Waals surface area contributed by atoms with Crippen LogP contribution in [0.1, 0.15) is 16.4 Å². The van der Waals surface area contributed by atoms with Crippen molar-refractivity contribution in [1.29, 1.82) is 15.8 Å². The third-order valence-electron chi connectivity index (χ3n) is 2.31. The van der Waals surface area contributed by atoms with Crippen LogP contribution in [0.15, 0.2) is 29.2 Å². The van der Waals surface area contributed by atoms with E-state index in [0.29, 0.717) is 16.0 Å². The van der Waals surface area contributed by atoms with Crippen molar-refractivity contribution >= 4 is 17.3 Å². The maximum Gasteiger partial charge on any atom is 0.123 e. The predicted octanol–water partition coefficient (Wildman–Crippen LogP) is 2.76. The summed E-state index contributed by atoms with van der Waals surface area (Å²) in [6.45, 7) is 0. The van der Waals surface area contributed by atoms with Gasteiger partial charge in [-0.15, -0.1) is 0 Å². The molecule has 3 nitrogen and oxygen atoms in total. The van der Waals surface area contributed by atoms with Crippen LogP contribution in [0.5, 0.6) is 0 Å². The third kappa shape index (κ3) is 1.44. The highest BCUT2D eigenvalue weighted by molar-refractivity contribution is 8.04. The van der Waals surface area contributed by atoms with Crippen LogP contribution in [0, 0.1) is 34.0 Å². The number of hydrogen-bond donors (Lipinski definition) is 0. The highest BCUT2D eigenvalue weighted by Crippen LogP contribution is 2.45. The van der Waals surface area contributed by atoms with Crippen molar-refractivity contribution in [3.05, 3.63) is 40.3 Å². The number of fused-ring (bicyclic) bond motifs is 1. The average Bonchev–Trinajstić information content (AvgIpc) is 2.36. The lowest BCUT2D eigenvalue weighted by molar-refractivity contribution is 1.21. The third-order valence-corrected chi connectivity index (χ3v) is 3.43. The Labute approximate surface area is 97.2 Å². The lowest BCUT2D eigenvalue weighted by Crippen LogP contribution is -2.03. The summed E-state index contributed by atoms with van der Waals surface area (Å²) in [5.41, 5.74) is 1.88. The quantitative estimate of drug-likeness (QED) is 0.678. The van der Waals surface area contributed by atoms with Crippen LogP contribution in [0.4, 0.5) is 0 Å². The van der Waals surface area contributed by atoms with Gasteiger partial charge in [0.1, 0.15) is 22.3 Å². The molecule has 0 aromatic heterocycles. The van der Waals surface area contributed by atoms with Crippen LogP contribution >= 0.6 is 11.8 Å². The molecule has 0 radical (unpaired) electrons. The molecule has 1 heterocycles. The Kier molecular flexibility index (Phi) is 2.64. The monoisotopic (exact) mass is 223 g/mol. The van der Waals surface area contributed by atoms with Gasteiger partial charge >= 0.3 is 0 Å². The zero-order chi connectivity index (χ0) is 11.5. The molecule has 1 atom stereocenters. The van der Waals surface area contributed by atoms with Crippen molar-refractivity contribution < 1.29 is 0 Å². The summed E-state index contributed by atoms with van der Waals surface area (Å²) < 4.78 is 0. The molecular weight excluding hydrogens is 218 g/mol. The van der Waals surface area contributed by atoms with Crippen LogP contribution in [0.3, 0.4) is 0 Å². The van der Waals surface area contributed by atoms with Crippen molar-refractivity contribution in [2.45, 2.75) is 5.25 Å². The molecule has 0 bridgehead atoms. The molecule has 1 aromatic carbocycles. The van der Waals surface area contributed by atoms with Gasteiger partial charge in [-0.05, 0) is 11.1 Å². The lowest BCUT2D eigenvalue weighted by atomic mass is 9.97. The maximum absolute atomic E-state index is 9.04. The molecule has 1 aromatic rings. The van der Waals surface area contributed by atoms with Crippen LogP contribution < -0.4 is 0 Å². The number of thioether (sulfide) groups is 1. The zero-order valence-corrected chi connectivity index (χ0v) is 8.95. The van der Waals surface area contributed by atoms with Gasteiger partial charge in [0, 0.05) is 0 Å². The summed E-state index contributed by atoms with van der Waals surface area (Å²) in [6.07, 6.45) is 0. The molecule has 16 heavy (non-hydrogen) atoms. The molecule has 0 amide bonds. The Bertz CT molecular complexity index is 596. The molecule has 2 rings (SSSR count). The molecule has 0 N–H and O–H groups in total. The average molecular weight is 223 g/mol. The van der Waals surface area contributed by atoms with E-state index in [4.69, 9.17) is 15.8 Å². The van der Waals surface area contributed by atoms with Gasteiger partial charge in [0.05, 0.1) is 11.6 Å². The van der Waals surface area contributed by atoms with Gasteiger partial charge in [0.2, 0.25) is 0 Å². The van der Waals surface area contributed by atoms with Gasteiger partial charge in [0.25, 0.3) is 0 Å². The van der Waals surface area contributed by atoms with Crippen LogP contribution in [0.2, 0.25) is 0 Å². The molecule has 0 spiro atoms. The molecular formula is C12H5N3S. The van der Waals surface area contributed by atoms with E-state index in [9.17, 15) is 0 Å². The van der Waals surface area contributed by atoms with Gasteiger partial charge in [-0.1, -0.05) is 36.0 Å². The Morgan fingerprint density at radius 2 is 1.81 bits per heavy atom. The maximum atomic E-state index is 9.04. The lowest BCUT2D eigenvalue weighted by Gasteiger charge is -2.19. The zero-order valence-electron chi connectivity index (χ0n) is 8.14. The van der Waals surface area contributed by atoms with Crippen LogP contribution in [-0.2, 0) is 0 Å². The van der Waals surface area contributed by atoms with Gasteiger partial charge in [-0.25, -0.2) is 0 Å². The summed E-state index contributed by atoms with van der Waals surface area (Å²) >= 11 is 1.14. The van der Waals surface area contributed by atoms with E-state index in [1.165, 1.54) is 0 Å². The number of allylic oxidation sites excluding steroid dienone is 2. The second kappa shape index (κ2) is 4.11. The predicted molar refractivity (Wildman–Crippen MR) is 60.5 cm³/mol. The smallest absolute Gasteiger partial charge is 0.123 e. The fraction of sp³-hybridized carbons (Fsp3) is 0.0833. The normalized spacial score (nSPS) is 17.9. The van der Waals surface area contributed by atoms with Crippen molar-refractivity contribution in [1.82, 2.24) is 0 Å². The van der Waals surface area contributed by atoms with Crippen molar-refractivity contribution in [3.63, 3.8) is 0 Å². The van der Waals surface area contributed by atoms with E-state index < -0.39 is 5.25 Å². The molecule has 0 aliphatic carbocycles. The first kappa shape index (κ1) is 10.3. The molecule has 0 fully saturated rings. The van der Waals surface area contributed by atoms with E-state index in [-0.39, 0.29) is 0 Å². The molecule has 4 heteroatoms. The standard InChI is InChI=1S/C12H5N3S/c13-5-10-8-3-1-2-4-9(8)11(6-14)16-12(10)7-15/h1-4,11H. The largest absolute Gasteiger partial charge is 0.197 e. The second-order valence-electron chi connectivity index (χ2n) is 3.14. The first-order valence-electron chi connectivity index (χ1n) is 4.52. The summed E-state index contributed by atoms with van der Waals surface area (Å²) in [4.78, 5) is 0.327. The fourth-order valence-corrected chi connectivity index (χ4v) is 2.55. The topological polar surface area (TPSA) is 71.4 Å². The number of rotatable bonds is 0. The van der Waals surface area contributed by atoms with Gasteiger partial charge in [-0.3, -0.25) is 0 Å². The highest BCUT2D eigenvalue weighted by atomic mass is 32.2. The molecule has 1 unspecified atom stereocenters. The minimum absolute atomic E-state index is 0.327. The van der Waals surface area contributed by atoms with Gasteiger partial charge < -0.3 is 0 Å². The molecule has 1 aliphatic rings. The Morgan fingerprint density at radius 1 is 1.06 bits per heavy atom. The molecule has 1 aliphatic heterocycles. The summed E-state index contributed by atoms with van der Waals surface area (Å²) in [7, 11) is 0. The van der Waals surface area contributed by atoms with E-state index in [1.54, 1.807) is 12.1 Å². The Hall–Kier alpha value is -2.22. The van der Waals surface area contributed by atoms with Crippen molar-refractivity contribution in [3.8, 4) is 18.2 Å². The molecule has 0 saturated heterocycles. The summed E-state index contributed by atoms with van der Waals surface area (Å²) in [5, 5.41) is 26.6. The first-order chi connectivity index (χ1) is 7.81. The number of nitriles is 3. The van der Waals surface area contributed by atoms with Crippen LogP contribution in [-0.4, -0.2) is 0 Å². The second-order valence-corrected chi connectivity index (χ2v) is 4.26. The van der Waals surface area contributed by atoms with E-state index in [2.05, 4.69) is 6.07 Å². The van der Waals surface area contributed by atoms with Gasteiger partial charge in [-0.2, -0.15) is 15.8 Å². The minimum atomic E-state index is -0.400. The highest BCUT2D eigenvalue weighted by Gasteiger charge is 2.27. The van der Waals surface area contributed by atoms with E-state index in [1.807, 2.05) is 24.3 Å². The number of hydrogen-bond acceptors (Lipinski definition) is 4. The number of benzene rings is 1. The van der Waals surface area contributed by atoms with Crippen molar-refractivity contribution in [2.24, 2.45) is 0 Å². The minimum Gasteiger partial charge on any atom is -0.197 e. The summed E-state index contributed by atoms with van der Waals surface area (Å²) in [6, 6.07) is 13.4. The van der Waals surface area contributed by atoms with E-state index in [0.717, 1.165) is 17.3 Å². The number of nitrogens with zero attached hydrogens (tertiary/aromatic N) is 3. The van der Waals surface area contributed by atoms with Gasteiger partial charge in [0.15, 0.2) is 0 Å². The van der Waals surface area contributed by atoms with E-state index >= 15 is 0 Å². The molecule has 0 saturated carbocycles. The first-order valence-corrected chi connectivity index (χ1v) is 5.40. The Morgan fingerprint density at radius 3 is 2.44 bits per heavy atom. The van der Waals surface area contributed by atoms with Crippen LogP contribution in [0.25, 0.3) is 5.57 Å².